The first kappa shape index (κ1) is 26.4. The summed E-state index contributed by atoms with van der Waals surface area (Å²) in [7, 11) is 3.12. The molecule has 2 rings (SSSR count). The van der Waals surface area contributed by atoms with Gasteiger partial charge < -0.3 is 14.8 Å². The quantitative estimate of drug-likeness (QED) is 0.305. The van der Waals surface area contributed by atoms with E-state index in [2.05, 4.69) is 31.1 Å². The molecule has 0 saturated heterocycles. The molecule has 1 aromatic rings. The molecule has 0 fully saturated rings. The number of ether oxygens (including phenoxy) is 2. The summed E-state index contributed by atoms with van der Waals surface area (Å²) in [6.45, 7) is 6.71. The highest BCUT2D eigenvalue weighted by atomic mass is 32.2. The average Bonchev–Trinajstić information content (AvgIpc) is 3.29. The highest BCUT2D eigenvalue weighted by Gasteiger charge is 2.40. The van der Waals surface area contributed by atoms with Gasteiger partial charge in [-0.3, -0.25) is 9.80 Å². The number of carbonyl (C=O) groups is 1. The number of carbonyl (C=O) groups excluding carboxylic acids is 1. The number of amides is 1. The molecule has 1 unspecified atom stereocenters. The number of hydrazone groups is 1. The summed E-state index contributed by atoms with van der Waals surface area (Å²) in [5.74, 6) is 0.777. The van der Waals surface area contributed by atoms with Crippen molar-refractivity contribution in [1.82, 2.24) is 10.3 Å². The van der Waals surface area contributed by atoms with Crippen molar-refractivity contribution in [3.63, 3.8) is 0 Å². The van der Waals surface area contributed by atoms with E-state index in [0.717, 1.165) is 19.3 Å². The molecule has 0 radical (unpaired) electrons. The number of nitrogens with zero attached hydrogens (tertiary/aromatic N) is 2. The zero-order valence-corrected chi connectivity index (χ0v) is 21.3. The molecule has 1 atom stereocenters. The van der Waals surface area contributed by atoms with Gasteiger partial charge in [-0.15, -0.1) is 0 Å². The minimum absolute atomic E-state index is 0.0633. The molecule has 6 nitrogen and oxygen atoms in total. The van der Waals surface area contributed by atoms with Gasteiger partial charge >= 0.3 is 0 Å². The lowest BCUT2D eigenvalue weighted by molar-refractivity contribution is 0.0478. The Bertz CT molecular complexity index is 715. The molecule has 32 heavy (non-hydrogen) atoms. The molecule has 0 spiro atoms. The van der Waals surface area contributed by atoms with Gasteiger partial charge in [0.25, 0.3) is 5.91 Å². The third-order valence-corrected chi connectivity index (χ3v) is 7.33. The van der Waals surface area contributed by atoms with E-state index in [0.29, 0.717) is 17.1 Å². The number of nitrogens with one attached hydrogen (secondary N) is 1. The fraction of sp³-hybridized carbons (Fsp3) is 0.680. The molecule has 1 heterocycles. The first-order valence-electron chi connectivity index (χ1n) is 12.1. The Kier molecular flexibility index (Phi) is 11.2. The predicted octanol–water partition coefficient (Wildman–Crippen LogP) is 6.41. The standard InChI is InChI=1S/C25H41N3O3S/c1-6-9-10-11-12-13-14-18-25(7-2,8-3)28-24(32-19-26-28)27-23(29)22-20(30-4)16-15-17-21(22)31-5/h15-17,19,24H,6-14,18H2,1-5H3,(H,27,29). The van der Waals surface area contributed by atoms with Gasteiger partial charge in [0.05, 0.1) is 25.3 Å². The Hall–Kier alpha value is -1.89. The van der Waals surface area contributed by atoms with Crippen LogP contribution in [0.4, 0.5) is 0 Å². The van der Waals surface area contributed by atoms with E-state index in [-0.39, 0.29) is 16.9 Å². The molecule has 1 aliphatic rings. The van der Waals surface area contributed by atoms with Crippen LogP contribution in [0.15, 0.2) is 23.3 Å². The predicted molar refractivity (Wildman–Crippen MR) is 135 cm³/mol. The Morgan fingerprint density at radius 3 is 2.19 bits per heavy atom. The van der Waals surface area contributed by atoms with Gasteiger partial charge in [-0.1, -0.05) is 83.5 Å². The first-order valence-corrected chi connectivity index (χ1v) is 13.0. The molecule has 1 aliphatic heterocycles. The maximum atomic E-state index is 13.2. The third kappa shape index (κ3) is 6.56. The number of thioether (sulfide) groups is 1. The molecule has 1 N–H and O–H groups in total. The van der Waals surface area contributed by atoms with Crippen molar-refractivity contribution in [1.29, 1.82) is 0 Å². The normalized spacial score (nSPS) is 15.8. The van der Waals surface area contributed by atoms with Gasteiger partial charge in [0.1, 0.15) is 17.1 Å². The summed E-state index contributed by atoms with van der Waals surface area (Å²) >= 11 is 1.53. The number of methoxy groups -OCH3 is 2. The number of hydrogen-bond donors (Lipinski definition) is 1. The second-order valence-electron chi connectivity index (χ2n) is 8.37. The smallest absolute Gasteiger partial charge is 0.261 e. The SMILES string of the molecule is CCCCCCCCCC(CC)(CC)N1N=CSC1NC(=O)c1c(OC)cccc1OC. The van der Waals surface area contributed by atoms with Crippen molar-refractivity contribution in [2.75, 3.05) is 14.2 Å². The molecule has 7 heteroatoms. The molecule has 0 bridgehead atoms. The van der Waals surface area contributed by atoms with Crippen molar-refractivity contribution in [2.45, 2.75) is 96.0 Å². The molecule has 1 aromatic carbocycles. The topological polar surface area (TPSA) is 63.2 Å². The summed E-state index contributed by atoms with van der Waals surface area (Å²) in [6.07, 6.45) is 12.1. The number of rotatable bonds is 15. The maximum Gasteiger partial charge on any atom is 0.261 e. The van der Waals surface area contributed by atoms with E-state index in [1.54, 1.807) is 26.4 Å². The molecule has 0 saturated carbocycles. The monoisotopic (exact) mass is 463 g/mol. The van der Waals surface area contributed by atoms with Crippen LogP contribution in [0.25, 0.3) is 0 Å². The zero-order chi connectivity index (χ0) is 23.4. The van der Waals surface area contributed by atoms with Crippen molar-refractivity contribution in [3.8, 4) is 11.5 Å². The second-order valence-corrected chi connectivity index (χ2v) is 9.30. The van der Waals surface area contributed by atoms with E-state index in [1.165, 1.54) is 56.7 Å². The van der Waals surface area contributed by atoms with Gasteiger partial charge in [0.2, 0.25) is 0 Å². The fourth-order valence-electron chi connectivity index (χ4n) is 4.43. The molecule has 1 amide bonds. The lowest BCUT2D eigenvalue weighted by Crippen LogP contribution is -2.53. The summed E-state index contributed by atoms with van der Waals surface area (Å²) in [5, 5.41) is 9.97. The third-order valence-electron chi connectivity index (χ3n) is 6.54. The number of benzene rings is 1. The lowest BCUT2D eigenvalue weighted by Gasteiger charge is -2.42. The van der Waals surface area contributed by atoms with Crippen LogP contribution in [0.1, 0.15) is 95.3 Å². The van der Waals surface area contributed by atoms with E-state index >= 15 is 0 Å². The molecule has 0 aliphatic carbocycles. The molecule has 0 aromatic heterocycles. The van der Waals surface area contributed by atoms with Gasteiger partial charge in [-0.2, -0.15) is 5.10 Å². The van der Waals surface area contributed by atoms with Gasteiger partial charge in [0, 0.05) is 0 Å². The largest absolute Gasteiger partial charge is 0.496 e. The van der Waals surface area contributed by atoms with E-state index in [1.807, 2.05) is 11.6 Å². The molecular weight excluding hydrogens is 422 g/mol. The van der Waals surface area contributed by atoms with Crippen LogP contribution in [-0.2, 0) is 0 Å². The maximum absolute atomic E-state index is 13.2. The first-order chi connectivity index (χ1) is 15.6. The van der Waals surface area contributed by atoms with Crippen LogP contribution in [0.2, 0.25) is 0 Å². The van der Waals surface area contributed by atoms with Gasteiger partial charge in [-0.05, 0) is 31.4 Å². The van der Waals surface area contributed by atoms with Gasteiger partial charge in [0.15, 0.2) is 5.50 Å². The minimum Gasteiger partial charge on any atom is -0.496 e. The van der Waals surface area contributed by atoms with Crippen molar-refractivity contribution in [2.24, 2.45) is 5.10 Å². The van der Waals surface area contributed by atoms with Crippen molar-refractivity contribution in [3.05, 3.63) is 23.8 Å². The Labute approximate surface area is 198 Å². The minimum atomic E-state index is -0.249. The summed E-state index contributed by atoms with van der Waals surface area (Å²) in [6, 6.07) is 5.36. The van der Waals surface area contributed by atoms with Crippen molar-refractivity contribution < 1.29 is 14.3 Å². The zero-order valence-electron chi connectivity index (χ0n) is 20.5. The van der Waals surface area contributed by atoms with Crippen molar-refractivity contribution >= 4 is 23.2 Å². The second kappa shape index (κ2) is 13.6. The van der Waals surface area contributed by atoms with E-state index in [9.17, 15) is 4.79 Å². The van der Waals surface area contributed by atoms with Crippen LogP contribution < -0.4 is 14.8 Å². The van der Waals surface area contributed by atoms with Crippen LogP contribution in [-0.4, -0.2) is 41.7 Å². The molecular formula is C25H41N3O3S. The van der Waals surface area contributed by atoms with Crippen LogP contribution in [0, 0.1) is 0 Å². The molecule has 180 valence electrons. The van der Waals surface area contributed by atoms with Crippen LogP contribution >= 0.6 is 11.8 Å². The Balaban J connectivity index is 2.06. The summed E-state index contributed by atoms with van der Waals surface area (Å²) in [5.41, 5.74) is 1.94. The Morgan fingerprint density at radius 2 is 1.62 bits per heavy atom. The average molecular weight is 464 g/mol. The highest BCUT2D eigenvalue weighted by molar-refractivity contribution is 8.12. The lowest BCUT2D eigenvalue weighted by atomic mass is 9.86. The summed E-state index contributed by atoms with van der Waals surface area (Å²) in [4.78, 5) is 13.2. The Morgan fingerprint density at radius 1 is 1.03 bits per heavy atom. The van der Waals surface area contributed by atoms with Crippen LogP contribution in [0.3, 0.4) is 0 Å². The highest BCUT2D eigenvalue weighted by Crippen LogP contribution is 2.37. The van der Waals surface area contributed by atoms with E-state index in [4.69, 9.17) is 14.6 Å². The van der Waals surface area contributed by atoms with Gasteiger partial charge in [-0.25, -0.2) is 0 Å². The van der Waals surface area contributed by atoms with Crippen LogP contribution in [0.5, 0.6) is 11.5 Å². The number of hydrogen-bond acceptors (Lipinski definition) is 6. The summed E-state index contributed by atoms with van der Waals surface area (Å²) < 4.78 is 10.8. The fourth-order valence-corrected chi connectivity index (χ4v) is 5.27. The van der Waals surface area contributed by atoms with E-state index < -0.39 is 0 Å². The number of unbranched alkanes of at least 4 members (excludes halogenated alkanes) is 6.